The molecule has 0 saturated heterocycles. The van der Waals surface area contributed by atoms with E-state index in [2.05, 4.69) is 0 Å². The molecule has 4 aliphatic carbocycles. The molecule has 4 aliphatic rings. The Balaban J connectivity index is 1.97. The molecule has 4 saturated carbocycles. The van der Waals surface area contributed by atoms with Gasteiger partial charge in [-0.3, -0.25) is 0 Å². The summed E-state index contributed by atoms with van der Waals surface area (Å²) in [6, 6.07) is -0.199. The van der Waals surface area contributed by atoms with Crippen LogP contribution in [0.4, 0.5) is 0 Å². The van der Waals surface area contributed by atoms with Crippen LogP contribution < -0.4 is 0 Å². The fraction of sp³-hybridized carbons (Fsp3) is 1.00. The van der Waals surface area contributed by atoms with Crippen molar-refractivity contribution in [2.45, 2.75) is 42.3 Å². The van der Waals surface area contributed by atoms with Crippen LogP contribution in [0.3, 0.4) is 0 Å². The Morgan fingerprint density at radius 2 is 1.79 bits per heavy atom. The quantitative estimate of drug-likeness (QED) is 0.403. The van der Waals surface area contributed by atoms with Crippen molar-refractivity contribution in [2.75, 3.05) is 0 Å². The summed E-state index contributed by atoms with van der Waals surface area (Å²) in [5.41, 5.74) is 0. The number of nitrogens with zero attached hydrogens (tertiary/aromatic N) is 1. The van der Waals surface area contributed by atoms with Gasteiger partial charge in [0.05, 0.1) is 0 Å². The van der Waals surface area contributed by atoms with Crippen LogP contribution >= 0.6 is 0 Å². The molecule has 0 N–H and O–H groups in total. The molecule has 0 aliphatic heterocycles. The van der Waals surface area contributed by atoms with Gasteiger partial charge in [-0.05, 0) is 0 Å². The van der Waals surface area contributed by atoms with Gasteiger partial charge in [0.2, 0.25) is 0 Å². The van der Waals surface area contributed by atoms with Crippen molar-refractivity contribution in [1.82, 2.24) is 0 Å². The van der Waals surface area contributed by atoms with Gasteiger partial charge in [-0.25, -0.2) is 0 Å². The Morgan fingerprint density at radius 3 is 2.21 bits per heavy atom. The number of nitro groups is 1. The average Bonchev–Trinajstić information content (AvgIpc) is 1.97. The van der Waals surface area contributed by atoms with Gasteiger partial charge >= 0.3 is 92.0 Å². The number of hydrogen-bond acceptors (Lipinski definition) is 2. The molecule has 0 heterocycles. The van der Waals surface area contributed by atoms with Crippen molar-refractivity contribution >= 4 is 16.9 Å². The maximum atomic E-state index is 11.1. The van der Waals surface area contributed by atoms with E-state index in [0.29, 0.717) is 5.92 Å². The second-order valence-electron chi connectivity index (χ2n) is 5.57. The zero-order valence-corrected chi connectivity index (χ0v) is 10.6. The molecule has 4 atom stereocenters. The van der Waals surface area contributed by atoms with E-state index in [4.69, 9.17) is 0 Å². The predicted octanol–water partition coefficient (Wildman–Crippen LogP) is 1.26. The molecule has 0 aromatic carbocycles. The van der Waals surface area contributed by atoms with Crippen LogP contribution in [0.25, 0.3) is 0 Å². The molecule has 4 heteroatoms. The molecule has 4 fully saturated rings. The van der Waals surface area contributed by atoms with Gasteiger partial charge in [-0.1, -0.05) is 0 Å². The first-order valence-corrected chi connectivity index (χ1v) is 6.72. The van der Waals surface area contributed by atoms with Crippen LogP contribution in [-0.4, -0.2) is 27.8 Å². The number of rotatable bonds is 1. The van der Waals surface area contributed by atoms with Gasteiger partial charge in [0.15, 0.2) is 0 Å². The molecule has 14 heavy (non-hydrogen) atoms. The minimum absolute atomic E-state index is 0.0319. The summed E-state index contributed by atoms with van der Waals surface area (Å²) in [6.45, 7) is 0. The molecule has 0 aromatic heterocycles. The summed E-state index contributed by atoms with van der Waals surface area (Å²) in [5.74, 6) is 2.08. The zero-order valence-electron chi connectivity index (χ0n) is 8.19. The first kappa shape index (κ1) is 9.20. The van der Waals surface area contributed by atoms with E-state index >= 15 is 0 Å². The van der Waals surface area contributed by atoms with E-state index in [1.807, 2.05) is 0 Å². The molecular formula is C10H16AsNO2. The maximum absolute atomic E-state index is 11.1. The molecule has 0 radical (unpaired) electrons. The van der Waals surface area contributed by atoms with Crippen LogP contribution in [0.5, 0.6) is 0 Å². The van der Waals surface area contributed by atoms with Gasteiger partial charge in [0.1, 0.15) is 0 Å². The van der Waals surface area contributed by atoms with Crippen molar-refractivity contribution in [3.63, 3.8) is 0 Å². The molecule has 0 amide bonds. The van der Waals surface area contributed by atoms with Gasteiger partial charge in [-0.15, -0.1) is 0 Å². The third kappa shape index (κ3) is 1.11. The Hall–Kier alpha value is -0.0416. The molecule has 78 valence electrons. The van der Waals surface area contributed by atoms with Gasteiger partial charge in [0, 0.05) is 0 Å². The van der Waals surface area contributed by atoms with E-state index in [1.165, 1.54) is 6.42 Å². The van der Waals surface area contributed by atoms with Crippen molar-refractivity contribution < 1.29 is 4.92 Å². The molecule has 0 spiro atoms. The summed E-state index contributed by atoms with van der Waals surface area (Å²) in [7, 11) is 0. The Kier molecular flexibility index (Phi) is 1.81. The van der Waals surface area contributed by atoms with E-state index < -0.39 is 0 Å². The first-order valence-electron chi connectivity index (χ1n) is 5.51. The van der Waals surface area contributed by atoms with Gasteiger partial charge in [-0.2, -0.15) is 0 Å². The van der Waals surface area contributed by atoms with E-state index in [9.17, 15) is 10.1 Å². The summed E-state index contributed by atoms with van der Waals surface area (Å²) in [6.07, 6.45) is 5.95. The Bertz CT molecular complexity index is 280. The van der Waals surface area contributed by atoms with Crippen LogP contribution in [0.2, 0.25) is 4.20 Å². The summed E-state index contributed by atoms with van der Waals surface area (Å²) < 4.78 is 0.102. The van der Waals surface area contributed by atoms with Crippen LogP contribution in [0, 0.1) is 27.9 Å². The van der Waals surface area contributed by atoms with Crippen molar-refractivity contribution in [1.29, 1.82) is 0 Å². The molecule has 4 bridgehead atoms. The van der Waals surface area contributed by atoms with Gasteiger partial charge in [0.25, 0.3) is 0 Å². The monoisotopic (exact) mass is 257 g/mol. The molecule has 3 nitrogen and oxygen atoms in total. The fourth-order valence-corrected chi connectivity index (χ4v) is 6.68. The van der Waals surface area contributed by atoms with Crippen LogP contribution in [0.1, 0.15) is 32.1 Å². The third-order valence-electron chi connectivity index (χ3n) is 4.54. The standard InChI is InChI=1S/C10H16AsNO2/c11-10-4-6-1-7(5-10)3-8(2-6)9(10)12(13)14/h6-9H,1-5,11H2. The van der Waals surface area contributed by atoms with Crippen molar-refractivity contribution in [3.05, 3.63) is 10.1 Å². The fourth-order valence-electron chi connectivity index (χ4n) is 4.46. The summed E-state index contributed by atoms with van der Waals surface area (Å²) in [5, 5.41) is 11.1. The van der Waals surface area contributed by atoms with Crippen LogP contribution in [0.15, 0.2) is 0 Å². The first-order chi connectivity index (χ1) is 6.58. The molecule has 4 rings (SSSR count). The van der Waals surface area contributed by atoms with E-state index in [0.717, 1.165) is 37.5 Å². The van der Waals surface area contributed by atoms with Gasteiger partial charge < -0.3 is 0 Å². The zero-order chi connectivity index (χ0) is 9.92. The molecule has 0 aromatic rings. The summed E-state index contributed by atoms with van der Waals surface area (Å²) in [4.78, 5) is 11.1. The Labute approximate surface area is 92.3 Å². The van der Waals surface area contributed by atoms with E-state index in [1.54, 1.807) is 16.9 Å². The second kappa shape index (κ2) is 2.75. The van der Waals surface area contributed by atoms with Crippen LogP contribution in [-0.2, 0) is 0 Å². The van der Waals surface area contributed by atoms with E-state index in [-0.39, 0.29) is 15.2 Å². The van der Waals surface area contributed by atoms with Crippen molar-refractivity contribution in [3.8, 4) is 0 Å². The normalized spacial score (nSPS) is 54.9. The SMILES string of the molecule is O=[N+]([O-])C1C2CC3CC(C2)CC1([AsH2])C3. The topological polar surface area (TPSA) is 43.1 Å². The third-order valence-corrected chi connectivity index (χ3v) is 6.24. The number of hydrogen-bond donors (Lipinski definition) is 0. The summed E-state index contributed by atoms with van der Waals surface area (Å²) >= 11 is 1.65. The molecule has 4 unspecified atom stereocenters. The predicted molar refractivity (Wildman–Crippen MR) is 55.6 cm³/mol. The minimum atomic E-state index is -0.199. The Morgan fingerprint density at radius 1 is 1.21 bits per heavy atom. The van der Waals surface area contributed by atoms with Crippen molar-refractivity contribution in [2.24, 2.45) is 17.8 Å². The average molecular weight is 257 g/mol. The second-order valence-corrected chi connectivity index (χ2v) is 7.98. The molecular weight excluding hydrogens is 241 g/mol.